The van der Waals surface area contributed by atoms with Crippen molar-refractivity contribution < 1.29 is 1.43 Å². The first kappa shape index (κ1) is 7.12. The molecule has 0 amide bonds. The van der Waals surface area contributed by atoms with Gasteiger partial charge in [0.15, 0.2) is 0 Å². The van der Waals surface area contributed by atoms with Crippen molar-refractivity contribution in [2.45, 2.75) is 20.8 Å². The molecule has 0 heterocycles. The highest BCUT2D eigenvalue weighted by Gasteiger charge is 1.77. The Bertz CT molecular complexity index is 158. The largest absolute Gasteiger partial charge is 0.0925 e. The van der Waals surface area contributed by atoms with Crippen LogP contribution in [0.2, 0.25) is 0 Å². The minimum Gasteiger partial charge on any atom is -0.0925 e. The zero-order valence-corrected chi connectivity index (χ0v) is 5.58. The van der Waals surface area contributed by atoms with Crippen molar-refractivity contribution >= 4 is 0 Å². The topological polar surface area (TPSA) is 0 Å². The predicted molar refractivity (Wildman–Crippen MR) is 38.2 cm³/mol. The molecule has 0 bridgehead atoms. The van der Waals surface area contributed by atoms with Crippen LogP contribution in [0.5, 0.6) is 0 Å². The van der Waals surface area contributed by atoms with Crippen LogP contribution in [0, 0.1) is 29.6 Å². The van der Waals surface area contributed by atoms with Gasteiger partial charge in [0.25, 0.3) is 0 Å². The Morgan fingerprint density at radius 2 is 1.88 bits per heavy atom. The van der Waals surface area contributed by atoms with Crippen LogP contribution in [0.1, 0.15) is 22.2 Å². The molecule has 0 spiro atoms. The van der Waals surface area contributed by atoms with E-state index in [1.54, 1.807) is 6.92 Å². The second kappa shape index (κ2) is 4.28. The maximum Gasteiger partial charge on any atom is 0.0156 e. The molecule has 0 aliphatic rings. The van der Waals surface area contributed by atoms with Gasteiger partial charge in [-0.1, -0.05) is 25.7 Å². The summed E-state index contributed by atoms with van der Waals surface area (Å²) in [6.07, 6.45) is 0. The Balaban J connectivity index is 0. The van der Waals surface area contributed by atoms with Crippen molar-refractivity contribution in [1.82, 2.24) is 0 Å². The molecule has 0 nitrogen and oxygen atoms in total. The predicted octanol–water partition coefficient (Wildman–Crippen LogP) is 1.92. The SMILES string of the molecule is CC#CC#CC(C)C.[HH]. The van der Waals surface area contributed by atoms with Gasteiger partial charge in [-0.2, -0.15) is 0 Å². The monoisotopic (exact) mass is 108 g/mol. The maximum atomic E-state index is 2.92. The fraction of sp³-hybridized carbons (Fsp3) is 0.500. The quantitative estimate of drug-likeness (QED) is 0.416. The Kier molecular flexibility index (Phi) is 3.81. The molecule has 0 radical (unpaired) electrons. The molecule has 0 saturated carbocycles. The molecule has 0 aromatic rings. The number of hydrogen-bond donors (Lipinski definition) is 0. The number of hydrogen-bond acceptors (Lipinski definition) is 0. The fourth-order valence-corrected chi connectivity index (χ4v) is 0.243. The molecule has 0 aliphatic heterocycles. The van der Waals surface area contributed by atoms with Crippen molar-refractivity contribution in [3.8, 4) is 23.7 Å². The molecule has 0 rings (SSSR count). The highest BCUT2D eigenvalue weighted by atomic mass is 13.8. The van der Waals surface area contributed by atoms with Crippen LogP contribution in [0.3, 0.4) is 0 Å². The minimum atomic E-state index is 0. The third kappa shape index (κ3) is 5.12. The van der Waals surface area contributed by atoms with E-state index in [4.69, 9.17) is 0 Å². The average molecular weight is 108 g/mol. The third-order valence-electron chi connectivity index (χ3n) is 0.548. The van der Waals surface area contributed by atoms with Crippen LogP contribution in [0.4, 0.5) is 0 Å². The van der Waals surface area contributed by atoms with Crippen LogP contribution in [0.25, 0.3) is 0 Å². The van der Waals surface area contributed by atoms with E-state index in [0.717, 1.165) is 0 Å². The summed E-state index contributed by atoms with van der Waals surface area (Å²) in [5, 5.41) is 0. The lowest BCUT2D eigenvalue weighted by atomic mass is 10.2. The summed E-state index contributed by atoms with van der Waals surface area (Å²) in [6, 6.07) is 0. The molecule has 8 heavy (non-hydrogen) atoms. The molecular formula is C8H12. The Hall–Kier alpha value is -0.880. The minimum absolute atomic E-state index is 0. The van der Waals surface area contributed by atoms with Gasteiger partial charge >= 0.3 is 0 Å². The van der Waals surface area contributed by atoms with Crippen molar-refractivity contribution in [3.05, 3.63) is 0 Å². The molecule has 0 aliphatic carbocycles. The van der Waals surface area contributed by atoms with Gasteiger partial charge in [0.2, 0.25) is 0 Å². The zero-order valence-electron chi connectivity index (χ0n) is 5.58. The molecule has 0 heteroatoms. The summed E-state index contributed by atoms with van der Waals surface area (Å²) in [6.45, 7) is 5.88. The Morgan fingerprint density at radius 1 is 1.25 bits per heavy atom. The van der Waals surface area contributed by atoms with Crippen LogP contribution in [0.15, 0.2) is 0 Å². The fourth-order valence-electron chi connectivity index (χ4n) is 0.243. The van der Waals surface area contributed by atoms with E-state index < -0.39 is 0 Å². The lowest BCUT2D eigenvalue weighted by Crippen LogP contribution is -1.75. The lowest BCUT2D eigenvalue weighted by molar-refractivity contribution is 0.867. The second-order valence-electron chi connectivity index (χ2n) is 1.80. The molecular weight excluding hydrogens is 96.1 g/mol. The Morgan fingerprint density at radius 3 is 2.25 bits per heavy atom. The van der Waals surface area contributed by atoms with Gasteiger partial charge in [0.1, 0.15) is 0 Å². The zero-order chi connectivity index (χ0) is 6.41. The Labute approximate surface area is 52.8 Å². The van der Waals surface area contributed by atoms with Crippen LogP contribution < -0.4 is 0 Å². The van der Waals surface area contributed by atoms with Crippen LogP contribution in [-0.4, -0.2) is 0 Å². The molecule has 0 aromatic heterocycles. The van der Waals surface area contributed by atoms with Gasteiger partial charge in [-0.15, -0.1) is 0 Å². The summed E-state index contributed by atoms with van der Waals surface area (Å²) in [5.74, 6) is 11.5. The van der Waals surface area contributed by atoms with Crippen LogP contribution >= 0.6 is 0 Å². The van der Waals surface area contributed by atoms with E-state index >= 15 is 0 Å². The maximum absolute atomic E-state index is 2.92. The summed E-state index contributed by atoms with van der Waals surface area (Å²) in [7, 11) is 0. The highest BCUT2D eigenvalue weighted by molar-refractivity contribution is 5.25. The van der Waals surface area contributed by atoms with E-state index in [1.165, 1.54) is 0 Å². The third-order valence-corrected chi connectivity index (χ3v) is 0.548. The van der Waals surface area contributed by atoms with Gasteiger partial charge in [0.05, 0.1) is 0 Å². The summed E-state index contributed by atoms with van der Waals surface area (Å²) in [5.41, 5.74) is 0. The van der Waals surface area contributed by atoms with E-state index in [0.29, 0.717) is 5.92 Å². The van der Waals surface area contributed by atoms with Crippen molar-refractivity contribution in [2.24, 2.45) is 5.92 Å². The normalized spacial score (nSPS) is 6.50. The van der Waals surface area contributed by atoms with E-state index in [1.807, 2.05) is 13.8 Å². The molecule has 0 N–H and O–H groups in total. The molecule has 0 saturated heterocycles. The van der Waals surface area contributed by atoms with Crippen molar-refractivity contribution in [2.75, 3.05) is 0 Å². The van der Waals surface area contributed by atoms with Gasteiger partial charge in [0, 0.05) is 7.34 Å². The highest BCUT2D eigenvalue weighted by Crippen LogP contribution is 1.83. The van der Waals surface area contributed by atoms with Gasteiger partial charge < -0.3 is 0 Å². The first-order valence-electron chi connectivity index (χ1n) is 2.69. The first-order valence-corrected chi connectivity index (χ1v) is 2.69. The van der Waals surface area contributed by atoms with Gasteiger partial charge in [-0.3, -0.25) is 0 Å². The van der Waals surface area contributed by atoms with Gasteiger partial charge in [-0.25, -0.2) is 0 Å². The van der Waals surface area contributed by atoms with Crippen molar-refractivity contribution in [3.63, 3.8) is 0 Å². The summed E-state index contributed by atoms with van der Waals surface area (Å²) in [4.78, 5) is 0. The molecule has 0 aromatic carbocycles. The first-order chi connectivity index (χ1) is 3.77. The van der Waals surface area contributed by atoms with E-state index in [-0.39, 0.29) is 1.43 Å². The molecule has 44 valence electrons. The number of rotatable bonds is 0. The summed E-state index contributed by atoms with van der Waals surface area (Å²) < 4.78 is 0. The second-order valence-corrected chi connectivity index (χ2v) is 1.80. The van der Waals surface area contributed by atoms with E-state index in [9.17, 15) is 0 Å². The molecule has 0 fully saturated rings. The summed E-state index contributed by atoms with van der Waals surface area (Å²) >= 11 is 0. The molecule has 0 unspecified atom stereocenters. The van der Waals surface area contributed by atoms with E-state index in [2.05, 4.69) is 23.7 Å². The average Bonchev–Trinajstić information content (AvgIpc) is 1.66. The standard InChI is InChI=1S/C8H10.H2/c1-4-5-6-7-8(2)3;/h8H,1-3H3;1H. The molecule has 0 atom stereocenters. The lowest BCUT2D eigenvalue weighted by Gasteiger charge is -1.81. The van der Waals surface area contributed by atoms with Gasteiger partial charge in [-0.05, 0) is 18.8 Å². The van der Waals surface area contributed by atoms with Crippen LogP contribution in [-0.2, 0) is 0 Å². The smallest absolute Gasteiger partial charge is 0.0156 e. The van der Waals surface area contributed by atoms with Crippen molar-refractivity contribution in [1.29, 1.82) is 0 Å².